The van der Waals surface area contributed by atoms with Crippen molar-refractivity contribution in [2.45, 2.75) is 19.5 Å². The lowest BCUT2D eigenvalue weighted by molar-refractivity contribution is 0.318. The Morgan fingerprint density at radius 2 is 2.11 bits per heavy atom. The molecule has 1 aliphatic rings. The van der Waals surface area contributed by atoms with E-state index in [1.54, 1.807) is 6.26 Å². The summed E-state index contributed by atoms with van der Waals surface area (Å²) in [6, 6.07) is 8.75. The lowest BCUT2D eigenvalue weighted by Crippen LogP contribution is -2.16. The Morgan fingerprint density at radius 1 is 1.22 bits per heavy atom. The van der Waals surface area contributed by atoms with E-state index in [9.17, 15) is 0 Å². The minimum atomic E-state index is 0.922. The zero-order chi connectivity index (χ0) is 12.4. The third-order valence-electron chi connectivity index (χ3n) is 3.36. The molecule has 0 atom stereocenters. The molecular formula is C15H18N2O. The highest BCUT2D eigenvalue weighted by molar-refractivity contribution is 5.56. The maximum absolute atomic E-state index is 5.09. The molecule has 0 amide bonds. The fourth-order valence-electron chi connectivity index (χ4n) is 2.52. The molecule has 94 valence electrons. The van der Waals surface area contributed by atoms with Gasteiger partial charge in [-0.25, -0.2) is 0 Å². The van der Waals surface area contributed by atoms with Crippen molar-refractivity contribution >= 4 is 5.69 Å². The molecule has 0 saturated carbocycles. The van der Waals surface area contributed by atoms with Crippen molar-refractivity contribution in [2.75, 3.05) is 18.9 Å². The topological polar surface area (TPSA) is 28.4 Å². The van der Waals surface area contributed by atoms with E-state index >= 15 is 0 Å². The number of nitrogens with zero attached hydrogens (tertiary/aromatic N) is 1. The summed E-state index contributed by atoms with van der Waals surface area (Å²) >= 11 is 0. The minimum Gasteiger partial charge on any atom is -0.472 e. The Labute approximate surface area is 107 Å². The van der Waals surface area contributed by atoms with Gasteiger partial charge in [0.15, 0.2) is 0 Å². The van der Waals surface area contributed by atoms with Gasteiger partial charge >= 0.3 is 0 Å². The van der Waals surface area contributed by atoms with Gasteiger partial charge < -0.3 is 9.73 Å². The molecule has 0 saturated heterocycles. The van der Waals surface area contributed by atoms with Crippen LogP contribution in [0.3, 0.4) is 0 Å². The van der Waals surface area contributed by atoms with Crippen molar-refractivity contribution in [1.82, 2.24) is 4.90 Å². The molecule has 0 fully saturated rings. The molecule has 2 aromatic rings. The molecule has 2 heterocycles. The van der Waals surface area contributed by atoms with Gasteiger partial charge in [-0.3, -0.25) is 4.90 Å². The SMILES string of the molecule is CN(Cc1ccoc1)Cc1ccc2c(c1)CCN2. The van der Waals surface area contributed by atoms with Gasteiger partial charge in [0, 0.05) is 30.9 Å². The average Bonchev–Trinajstić information content (AvgIpc) is 2.98. The van der Waals surface area contributed by atoms with Gasteiger partial charge in [0.05, 0.1) is 12.5 Å². The second kappa shape index (κ2) is 4.86. The molecule has 3 heteroatoms. The van der Waals surface area contributed by atoms with Crippen molar-refractivity contribution in [2.24, 2.45) is 0 Å². The first-order valence-electron chi connectivity index (χ1n) is 6.36. The van der Waals surface area contributed by atoms with Crippen molar-refractivity contribution in [1.29, 1.82) is 0 Å². The summed E-state index contributed by atoms with van der Waals surface area (Å²) in [7, 11) is 2.14. The van der Waals surface area contributed by atoms with Crippen molar-refractivity contribution in [3.05, 3.63) is 53.5 Å². The van der Waals surface area contributed by atoms with Crippen LogP contribution < -0.4 is 5.32 Å². The first-order chi connectivity index (χ1) is 8.81. The minimum absolute atomic E-state index is 0.922. The molecule has 18 heavy (non-hydrogen) atoms. The summed E-state index contributed by atoms with van der Waals surface area (Å²) in [6.07, 6.45) is 4.68. The maximum atomic E-state index is 5.09. The van der Waals surface area contributed by atoms with Crippen LogP contribution in [0.25, 0.3) is 0 Å². The number of hydrogen-bond acceptors (Lipinski definition) is 3. The second-order valence-electron chi connectivity index (χ2n) is 4.97. The Bertz CT molecular complexity index is 519. The van der Waals surface area contributed by atoms with E-state index in [-0.39, 0.29) is 0 Å². The lowest BCUT2D eigenvalue weighted by Gasteiger charge is -2.16. The molecule has 1 aliphatic heterocycles. The first kappa shape index (κ1) is 11.4. The normalized spacial score (nSPS) is 13.7. The van der Waals surface area contributed by atoms with Crippen LogP contribution in [0.1, 0.15) is 16.7 Å². The molecule has 0 unspecified atom stereocenters. The van der Waals surface area contributed by atoms with Crippen LogP contribution in [-0.2, 0) is 19.5 Å². The first-order valence-corrected chi connectivity index (χ1v) is 6.36. The number of nitrogens with one attached hydrogen (secondary N) is 1. The van der Waals surface area contributed by atoms with E-state index in [2.05, 4.69) is 35.5 Å². The Hall–Kier alpha value is -1.74. The van der Waals surface area contributed by atoms with Crippen LogP contribution in [0.4, 0.5) is 5.69 Å². The van der Waals surface area contributed by atoms with Crippen LogP contribution >= 0.6 is 0 Å². The fraction of sp³-hybridized carbons (Fsp3) is 0.333. The van der Waals surface area contributed by atoms with Crippen LogP contribution in [0.5, 0.6) is 0 Å². The van der Waals surface area contributed by atoms with E-state index in [1.807, 2.05) is 12.3 Å². The van der Waals surface area contributed by atoms with E-state index in [1.165, 1.54) is 22.4 Å². The zero-order valence-corrected chi connectivity index (χ0v) is 10.6. The maximum Gasteiger partial charge on any atom is 0.0947 e. The average molecular weight is 242 g/mol. The molecule has 3 rings (SSSR count). The summed E-state index contributed by atoms with van der Waals surface area (Å²) < 4.78 is 5.09. The van der Waals surface area contributed by atoms with Crippen molar-refractivity contribution in [3.63, 3.8) is 0 Å². The van der Waals surface area contributed by atoms with Crippen molar-refractivity contribution < 1.29 is 4.42 Å². The quantitative estimate of drug-likeness (QED) is 0.893. The highest BCUT2D eigenvalue weighted by atomic mass is 16.3. The molecule has 0 aliphatic carbocycles. The van der Waals surface area contributed by atoms with E-state index in [4.69, 9.17) is 4.42 Å². The van der Waals surface area contributed by atoms with Crippen molar-refractivity contribution in [3.8, 4) is 0 Å². The third kappa shape index (κ3) is 2.41. The van der Waals surface area contributed by atoms with Gasteiger partial charge in [-0.15, -0.1) is 0 Å². The summed E-state index contributed by atoms with van der Waals surface area (Å²) in [6.45, 7) is 2.97. The van der Waals surface area contributed by atoms with Crippen LogP contribution in [0.15, 0.2) is 41.2 Å². The predicted octanol–water partition coefficient (Wildman–Crippen LogP) is 2.88. The van der Waals surface area contributed by atoms with E-state index < -0.39 is 0 Å². The van der Waals surface area contributed by atoms with Gasteiger partial charge in [-0.1, -0.05) is 12.1 Å². The smallest absolute Gasteiger partial charge is 0.0947 e. The number of furan rings is 1. The summed E-state index contributed by atoms with van der Waals surface area (Å²) in [5.74, 6) is 0. The Kier molecular flexibility index (Phi) is 3.07. The number of rotatable bonds is 4. The summed E-state index contributed by atoms with van der Waals surface area (Å²) in [5.41, 5.74) is 5.35. The van der Waals surface area contributed by atoms with Gasteiger partial charge in [0.25, 0.3) is 0 Å². The largest absolute Gasteiger partial charge is 0.472 e. The Balaban J connectivity index is 1.65. The molecule has 1 aromatic heterocycles. The second-order valence-corrected chi connectivity index (χ2v) is 4.97. The van der Waals surface area contributed by atoms with Crippen LogP contribution in [-0.4, -0.2) is 18.5 Å². The Morgan fingerprint density at radius 3 is 2.94 bits per heavy atom. The van der Waals surface area contributed by atoms with Gasteiger partial charge in [-0.05, 0) is 36.7 Å². The van der Waals surface area contributed by atoms with Gasteiger partial charge in [0.2, 0.25) is 0 Å². The standard InChI is InChI=1S/C15H18N2O/c1-17(10-13-5-7-18-11-13)9-12-2-3-15-14(8-12)4-6-16-15/h2-3,5,7-8,11,16H,4,6,9-10H2,1H3. The molecule has 0 bridgehead atoms. The predicted molar refractivity (Wildman–Crippen MR) is 72.5 cm³/mol. The zero-order valence-electron chi connectivity index (χ0n) is 10.6. The number of anilines is 1. The van der Waals surface area contributed by atoms with Crippen LogP contribution in [0.2, 0.25) is 0 Å². The molecule has 0 radical (unpaired) electrons. The summed E-state index contributed by atoms with van der Waals surface area (Å²) in [4.78, 5) is 2.30. The fourth-order valence-corrected chi connectivity index (χ4v) is 2.52. The number of benzene rings is 1. The molecule has 1 N–H and O–H groups in total. The number of hydrogen-bond donors (Lipinski definition) is 1. The lowest BCUT2D eigenvalue weighted by atomic mass is 10.1. The molecule has 3 nitrogen and oxygen atoms in total. The monoisotopic (exact) mass is 242 g/mol. The third-order valence-corrected chi connectivity index (χ3v) is 3.36. The number of fused-ring (bicyclic) bond motifs is 1. The molecule has 0 spiro atoms. The molecular weight excluding hydrogens is 224 g/mol. The van der Waals surface area contributed by atoms with Crippen LogP contribution in [0, 0.1) is 0 Å². The highest BCUT2D eigenvalue weighted by Gasteiger charge is 2.10. The van der Waals surface area contributed by atoms with Gasteiger partial charge in [0.1, 0.15) is 0 Å². The highest BCUT2D eigenvalue weighted by Crippen LogP contribution is 2.23. The summed E-state index contributed by atoms with van der Waals surface area (Å²) in [5, 5.41) is 3.39. The van der Waals surface area contributed by atoms with E-state index in [0.29, 0.717) is 0 Å². The molecule has 1 aromatic carbocycles. The van der Waals surface area contributed by atoms with Gasteiger partial charge in [-0.2, -0.15) is 0 Å². The van der Waals surface area contributed by atoms with E-state index in [0.717, 1.165) is 26.1 Å².